The summed E-state index contributed by atoms with van der Waals surface area (Å²) in [6.45, 7) is 0.576. The lowest BCUT2D eigenvalue weighted by molar-refractivity contribution is -0.137. The molecule has 1 amide bonds. The van der Waals surface area contributed by atoms with E-state index >= 15 is 0 Å². The molecule has 1 fully saturated rings. The van der Waals surface area contributed by atoms with Crippen LogP contribution >= 0.6 is 0 Å². The van der Waals surface area contributed by atoms with E-state index in [1.165, 1.54) is 12.1 Å². The summed E-state index contributed by atoms with van der Waals surface area (Å²) in [6, 6.07) is 12.4. The van der Waals surface area contributed by atoms with Crippen LogP contribution in [0.5, 0.6) is 5.75 Å². The number of nitrogens with zero attached hydrogens (tertiary/aromatic N) is 1. The number of carbonyl (C=O) groups excluding carboxylic acids is 1. The number of hydrogen-bond acceptors (Lipinski definition) is 3. The average molecular weight is 378 g/mol. The Labute approximate surface area is 155 Å². The van der Waals surface area contributed by atoms with Crippen LogP contribution < -0.4 is 10.1 Å². The molecule has 1 unspecified atom stereocenters. The van der Waals surface area contributed by atoms with E-state index in [1.807, 2.05) is 24.3 Å². The molecule has 1 N–H and O–H groups in total. The van der Waals surface area contributed by atoms with Gasteiger partial charge in [0.25, 0.3) is 0 Å². The van der Waals surface area contributed by atoms with Gasteiger partial charge in [0, 0.05) is 12.2 Å². The zero-order valence-corrected chi connectivity index (χ0v) is 14.9. The van der Waals surface area contributed by atoms with Gasteiger partial charge in [-0.3, -0.25) is 4.79 Å². The maximum atomic E-state index is 12.8. The Morgan fingerprint density at radius 2 is 2.00 bits per heavy atom. The number of anilines is 1. The molecule has 1 aliphatic heterocycles. The van der Waals surface area contributed by atoms with Gasteiger partial charge in [0.15, 0.2) is 0 Å². The van der Waals surface area contributed by atoms with Gasteiger partial charge in [-0.1, -0.05) is 18.2 Å². The minimum Gasteiger partial charge on any atom is -0.497 e. The highest BCUT2D eigenvalue weighted by Crippen LogP contribution is 2.34. The summed E-state index contributed by atoms with van der Waals surface area (Å²) in [5.74, 6) is 0.589. The van der Waals surface area contributed by atoms with Crippen molar-refractivity contribution in [3.63, 3.8) is 0 Å². The second-order valence-electron chi connectivity index (χ2n) is 6.45. The van der Waals surface area contributed by atoms with Gasteiger partial charge in [-0.15, -0.1) is 0 Å². The van der Waals surface area contributed by atoms with Gasteiger partial charge in [0.05, 0.1) is 25.3 Å². The van der Waals surface area contributed by atoms with Crippen molar-refractivity contribution in [2.45, 2.75) is 25.1 Å². The van der Waals surface area contributed by atoms with Crippen molar-refractivity contribution in [2.24, 2.45) is 0 Å². The summed E-state index contributed by atoms with van der Waals surface area (Å²) >= 11 is 0. The molecule has 3 rings (SSSR count). The first-order valence-electron chi connectivity index (χ1n) is 8.73. The number of carbonyl (C=O) groups is 1. The average Bonchev–Trinajstić information content (AvgIpc) is 3.15. The van der Waals surface area contributed by atoms with E-state index in [2.05, 4.69) is 5.32 Å². The second kappa shape index (κ2) is 7.90. The Morgan fingerprint density at radius 3 is 2.74 bits per heavy atom. The smallest absolute Gasteiger partial charge is 0.416 e. The van der Waals surface area contributed by atoms with Crippen molar-refractivity contribution in [3.05, 3.63) is 59.7 Å². The molecular formula is C20H21F3N2O2. The number of ether oxygens (including phenoxy) is 1. The molecule has 1 heterocycles. The predicted molar refractivity (Wildman–Crippen MR) is 96.6 cm³/mol. The number of halogens is 3. The first-order chi connectivity index (χ1) is 12.9. The monoisotopic (exact) mass is 378 g/mol. The Morgan fingerprint density at radius 1 is 1.22 bits per heavy atom. The van der Waals surface area contributed by atoms with Crippen molar-refractivity contribution in [1.29, 1.82) is 0 Å². The van der Waals surface area contributed by atoms with Crippen LogP contribution in [-0.4, -0.2) is 31.0 Å². The minimum absolute atomic E-state index is 0.0455. The molecule has 4 nitrogen and oxygen atoms in total. The predicted octanol–water partition coefficient (Wildman–Crippen LogP) is 4.49. The van der Waals surface area contributed by atoms with E-state index in [1.54, 1.807) is 12.0 Å². The number of amides is 1. The molecule has 2 aromatic rings. The van der Waals surface area contributed by atoms with Crippen LogP contribution in [0.15, 0.2) is 48.5 Å². The van der Waals surface area contributed by atoms with E-state index in [4.69, 9.17) is 4.74 Å². The molecule has 0 aromatic heterocycles. The summed E-state index contributed by atoms with van der Waals surface area (Å²) < 4.78 is 43.6. The second-order valence-corrected chi connectivity index (χ2v) is 6.45. The molecule has 0 aliphatic carbocycles. The van der Waals surface area contributed by atoms with Gasteiger partial charge in [-0.25, -0.2) is 0 Å². The summed E-state index contributed by atoms with van der Waals surface area (Å²) in [5, 5.41) is 2.81. The summed E-state index contributed by atoms with van der Waals surface area (Å²) in [7, 11) is 1.59. The number of hydrogen-bond donors (Lipinski definition) is 1. The lowest BCUT2D eigenvalue weighted by Gasteiger charge is -2.26. The third kappa shape index (κ3) is 4.53. The molecule has 7 heteroatoms. The topological polar surface area (TPSA) is 41.6 Å². The molecule has 0 saturated carbocycles. The fraction of sp³-hybridized carbons (Fsp3) is 0.350. The number of likely N-dealkylation sites (tertiary alicyclic amines) is 1. The Hall–Kier alpha value is -2.70. The third-order valence-electron chi connectivity index (χ3n) is 4.69. The van der Waals surface area contributed by atoms with Crippen LogP contribution in [0.25, 0.3) is 0 Å². The zero-order chi connectivity index (χ0) is 19.4. The van der Waals surface area contributed by atoms with E-state index in [0.717, 1.165) is 36.3 Å². The van der Waals surface area contributed by atoms with Crippen molar-refractivity contribution in [3.8, 4) is 5.75 Å². The van der Waals surface area contributed by atoms with Crippen molar-refractivity contribution in [2.75, 3.05) is 25.5 Å². The Bertz CT molecular complexity index is 808. The number of nitrogens with one attached hydrogen (secondary N) is 1. The van der Waals surface area contributed by atoms with Crippen LogP contribution in [0.3, 0.4) is 0 Å². The van der Waals surface area contributed by atoms with Gasteiger partial charge in [-0.2, -0.15) is 13.2 Å². The molecular weight excluding hydrogens is 357 g/mol. The van der Waals surface area contributed by atoms with Gasteiger partial charge >= 0.3 is 6.18 Å². The Balaban J connectivity index is 1.67. The number of alkyl halides is 3. The van der Waals surface area contributed by atoms with E-state index in [-0.39, 0.29) is 24.2 Å². The summed E-state index contributed by atoms with van der Waals surface area (Å²) in [4.78, 5) is 14.4. The van der Waals surface area contributed by atoms with Gasteiger partial charge < -0.3 is 15.0 Å². The highest BCUT2D eigenvalue weighted by atomic mass is 19.4. The first-order valence-corrected chi connectivity index (χ1v) is 8.73. The largest absolute Gasteiger partial charge is 0.497 e. The maximum absolute atomic E-state index is 12.8. The van der Waals surface area contributed by atoms with E-state index in [0.29, 0.717) is 6.54 Å². The fourth-order valence-electron chi connectivity index (χ4n) is 3.35. The molecule has 0 spiro atoms. The molecule has 27 heavy (non-hydrogen) atoms. The van der Waals surface area contributed by atoms with Crippen LogP contribution in [0.4, 0.5) is 18.9 Å². The first kappa shape index (κ1) is 19.1. The van der Waals surface area contributed by atoms with Crippen molar-refractivity contribution >= 4 is 11.6 Å². The van der Waals surface area contributed by atoms with E-state index in [9.17, 15) is 18.0 Å². The molecule has 144 valence electrons. The molecule has 1 saturated heterocycles. The number of methoxy groups -OCH3 is 1. The molecule has 1 aliphatic rings. The number of benzene rings is 2. The lowest BCUT2D eigenvalue weighted by atomic mass is 10.0. The molecule has 0 radical (unpaired) electrons. The summed E-state index contributed by atoms with van der Waals surface area (Å²) in [6.07, 6.45) is -2.67. The zero-order valence-electron chi connectivity index (χ0n) is 14.9. The van der Waals surface area contributed by atoms with Crippen molar-refractivity contribution in [1.82, 2.24) is 4.90 Å². The van der Waals surface area contributed by atoms with Crippen LogP contribution in [0, 0.1) is 0 Å². The molecule has 0 bridgehead atoms. The van der Waals surface area contributed by atoms with Gasteiger partial charge in [0.2, 0.25) is 5.91 Å². The minimum atomic E-state index is -4.41. The Kier molecular flexibility index (Phi) is 5.58. The van der Waals surface area contributed by atoms with Crippen LogP contribution in [0.1, 0.15) is 30.0 Å². The normalized spacial score (nSPS) is 17.0. The van der Waals surface area contributed by atoms with Gasteiger partial charge in [0.1, 0.15) is 5.75 Å². The maximum Gasteiger partial charge on any atom is 0.416 e. The fourth-order valence-corrected chi connectivity index (χ4v) is 3.35. The molecule has 1 atom stereocenters. The van der Waals surface area contributed by atoms with Crippen LogP contribution in [-0.2, 0) is 11.0 Å². The quantitative estimate of drug-likeness (QED) is 0.834. The SMILES string of the molecule is COc1cccc(C2CCCN2C(=O)CNc2cccc(C(F)(F)F)c2)c1. The number of rotatable bonds is 5. The highest BCUT2D eigenvalue weighted by molar-refractivity contribution is 5.81. The lowest BCUT2D eigenvalue weighted by Crippen LogP contribution is -2.35. The standard InChI is InChI=1S/C20H21F3N2O2/c1-27-17-8-2-5-14(11-17)18-9-4-10-25(18)19(26)13-24-16-7-3-6-15(12-16)20(21,22)23/h2-3,5-8,11-12,18,24H,4,9-10,13H2,1H3. The highest BCUT2D eigenvalue weighted by Gasteiger charge is 2.31. The van der Waals surface area contributed by atoms with Crippen LogP contribution in [0.2, 0.25) is 0 Å². The van der Waals surface area contributed by atoms with Crippen molar-refractivity contribution < 1.29 is 22.7 Å². The third-order valence-corrected chi connectivity index (χ3v) is 4.69. The summed E-state index contributed by atoms with van der Waals surface area (Å²) in [5.41, 5.74) is 0.532. The van der Waals surface area contributed by atoms with Gasteiger partial charge in [-0.05, 0) is 48.7 Å². The van der Waals surface area contributed by atoms with E-state index < -0.39 is 11.7 Å². The molecule has 2 aromatic carbocycles.